The van der Waals surface area contributed by atoms with Gasteiger partial charge >= 0.3 is 0 Å². The highest BCUT2D eigenvalue weighted by Gasteiger charge is 2.50. The van der Waals surface area contributed by atoms with Crippen molar-refractivity contribution in [3.05, 3.63) is 60.7 Å². The van der Waals surface area contributed by atoms with Gasteiger partial charge in [-0.15, -0.1) is 12.3 Å². The number of hydrogen-bond acceptors (Lipinski definition) is 1. The van der Waals surface area contributed by atoms with Crippen LogP contribution in [0.15, 0.2) is 60.7 Å². The topological polar surface area (TPSA) is 9.23 Å². The van der Waals surface area contributed by atoms with Gasteiger partial charge in [0.15, 0.2) is 0 Å². The zero-order chi connectivity index (χ0) is 20.0. The van der Waals surface area contributed by atoms with E-state index in [1.54, 1.807) is 0 Å². The molecule has 2 aromatic rings. The summed E-state index contributed by atoms with van der Waals surface area (Å²) in [7, 11) is -2.39. The fourth-order valence-corrected chi connectivity index (χ4v) is 9.34. The minimum absolute atomic E-state index is 0.0524. The van der Waals surface area contributed by atoms with Gasteiger partial charge in [-0.25, -0.2) is 0 Å². The summed E-state index contributed by atoms with van der Waals surface area (Å²) in [5, 5.41) is 2.78. The molecule has 148 valence electrons. The van der Waals surface area contributed by atoms with Crippen LogP contribution in [0.1, 0.15) is 52.9 Å². The van der Waals surface area contributed by atoms with Crippen molar-refractivity contribution < 1.29 is 4.43 Å². The quantitative estimate of drug-likeness (QED) is 0.474. The van der Waals surface area contributed by atoms with Crippen molar-refractivity contribution in [1.82, 2.24) is 0 Å². The van der Waals surface area contributed by atoms with Gasteiger partial charge in [-0.3, -0.25) is 0 Å². The Labute approximate surface area is 172 Å². The summed E-state index contributed by atoms with van der Waals surface area (Å²) in [6.07, 6.45) is 11.6. The first kappa shape index (κ1) is 20.9. The Balaban J connectivity index is 1.84. The van der Waals surface area contributed by atoms with Crippen LogP contribution in [0.5, 0.6) is 0 Å². The molecule has 2 aromatic carbocycles. The van der Waals surface area contributed by atoms with Gasteiger partial charge in [0.05, 0.1) is 0 Å². The fraction of sp³-hybridized carbons (Fsp3) is 0.462. The Kier molecular flexibility index (Phi) is 6.80. The van der Waals surface area contributed by atoms with Crippen molar-refractivity contribution in [3.8, 4) is 12.3 Å². The Bertz CT molecular complexity index is 722. The van der Waals surface area contributed by atoms with E-state index in [4.69, 9.17) is 10.8 Å². The molecule has 0 unspecified atom stereocenters. The van der Waals surface area contributed by atoms with Crippen LogP contribution in [0.2, 0.25) is 5.04 Å². The second kappa shape index (κ2) is 9.12. The summed E-state index contributed by atoms with van der Waals surface area (Å²) in [4.78, 5) is 0. The average Bonchev–Trinajstić information content (AvgIpc) is 2.72. The molecule has 1 aliphatic rings. The first-order valence-corrected chi connectivity index (χ1v) is 12.6. The maximum atomic E-state index is 7.02. The number of benzene rings is 2. The molecule has 1 saturated carbocycles. The van der Waals surface area contributed by atoms with Gasteiger partial charge < -0.3 is 4.43 Å². The van der Waals surface area contributed by atoms with E-state index < -0.39 is 8.32 Å². The van der Waals surface area contributed by atoms with Gasteiger partial charge in [-0.1, -0.05) is 81.4 Å². The van der Waals surface area contributed by atoms with Gasteiger partial charge in [-0.2, -0.15) is 0 Å². The van der Waals surface area contributed by atoms with E-state index in [0.717, 1.165) is 18.9 Å². The van der Waals surface area contributed by atoms with Gasteiger partial charge in [0.25, 0.3) is 8.32 Å². The van der Waals surface area contributed by atoms with Crippen LogP contribution in [0.3, 0.4) is 0 Å². The van der Waals surface area contributed by atoms with Crippen molar-refractivity contribution in [3.63, 3.8) is 0 Å². The van der Waals surface area contributed by atoms with Crippen LogP contribution >= 0.6 is 0 Å². The maximum absolute atomic E-state index is 7.02. The van der Waals surface area contributed by atoms with Crippen LogP contribution in [0.4, 0.5) is 0 Å². The van der Waals surface area contributed by atoms with E-state index in [1.807, 2.05) is 0 Å². The zero-order valence-electron chi connectivity index (χ0n) is 17.7. The first-order chi connectivity index (χ1) is 13.5. The molecule has 0 aliphatic heterocycles. The van der Waals surface area contributed by atoms with E-state index in [9.17, 15) is 0 Å². The lowest BCUT2D eigenvalue weighted by atomic mass is 9.81. The maximum Gasteiger partial charge on any atom is 0.261 e. The molecule has 0 aromatic heterocycles. The molecule has 0 N–H and O–H groups in total. The standard InChI is InChI=1S/C26H34OSi/c1-5-22-16-18-23(19-17-22)20-21-27-28(26(2,3)4,24-12-8-6-9-13-24)25-14-10-7-11-15-25/h1,6-15,22-23H,16-21H2,2-4H3. The third-order valence-corrected chi connectivity index (χ3v) is 11.4. The normalized spacial score (nSPS) is 20.5. The van der Waals surface area contributed by atoms with E-state index >= 15 is 0 Å². The lowest BCUT2D eigenvalue weighted by molar-refractivity contribution is 0.225. The molecule has 0 bridgehead atoms. The van der Waals surface area contributed by atoms with Crippen molar-refractivity contribution in [2.75, 3.05) is 6.61 Å². The highest BCUT2D eigenvalue weighted by Crippen LogP contribution is 2.37. The molecule has 0 heterocycles. The van der Waals surface area contributed by atoms with Crippen molar-refractivity contribution >= 4 is 18.7 Å². The predicted molar refractivity (Wildman–Crippen MR) is 122 cm³/mol. The molecule has 1 fully saturated rings. The van der Waals surface area contributed by atoms with Gasteiger partial charge in [0, 0.05) is 12.5 Å². The second-order valence-corrected chi connectivity index (χ2v) is 13.5. The van der Waals surface area contributed by atoms with Crippen LogP contribution in [-0.4, -0.2) is 14.9 Å². The number of hydrogen-bond donors (Lipinski definition) is 0. The molecular formula is C26H34OSi. The monoisotopic (exact) mass is 390 g/mol. The summed E-state index contributed by atoms with van der Waals surface area (Å²) in [5.41, 5.74) is 0. The third kappa shape index (κ3) is 4.42. The summed E-state index contributed by atoms with van der Waals surface area (Å²) in [6.45, 7) is 7.87. The van der Waals surface area contributed by atoms with Crippen LogP contribution in [0.25, 0.3) is 0 Å². The lowest BCUT2D eigenvalue weighted by Crippen LogP contribution is -2.66. The molecule has 1 aliphatic carbocycles. The molecule has 0 spiro atoms. The van der Waals surface area contributed by atoms with E-state index in [0.29, 0.717) is 5.92 Å². The predicted octanol–water partition coefficient (Wildman–Crippen LogP) is 5.39. The Morgan fingerprint density at radius 1 is 0.893 bits per heavy atom. The molecular weight excluding hydrogens is 356 g/mol. The summed E-state index contributed by atoms with van der Waals surface area (Å²) in [5.74, 6) is 4.19. The van der Waals surface area contributed by atoms with Crippen LogP contribution in [-0.2, 0) is 4.43 Å². The highest BCUT2D eigenvalue weighted by atomic mass is 28.4. The first-order valence-electron chi connectivity index (χ1n) is 10.7. The summed E-state index contributed by atoms with van der Waals surface area (Å²) >= 11 is 0. The minimum atomic E-state index is -2.39. The van der Waals surface area contributed by atoms with Gasteiger partial charge in [0.1, 0.15) is 0 Å². The largest absolute Gasteiger partial charge is 0.407 e. The Morgan fingerprint density at radius 3 is 1.82 bits per heavy atom. The van der Waals surface area contributed by atoms with Crippen LogP contribution < -0.4 is 10.4 Å². The molecule has 3 rings (SSSR count). The summed E-state index contributed by atoms with van der Waals surface area (Å²) in [6, 6.07) is 21.9. The minimum Gasteiger partial charge on any atom is -0.407 e. The SMILES string of the molecule is C#CC1CCC(CCO[Si](c2ccccc2)(c2ccccc2)C(C)(C)C)CC1. The average molecular weight is 391 g/mol. The van der Waals surface area contributed by atoms with E-state index in [2.05, 4.69) is 87.4 Å². The molecule has 0 atom stereocenters. The smallest absolute Gasteiger partial charge is 0.261 e. The van der Waals surface area contributed by atoms with Crippen molar-refractivity contribution in [2.24, 2.45) is 11.8 Å². The third-order valence-electron chi connectivity index (χ3n) is 6.34. The molecule has 0 amide bonds. The van der Waals surface area contributed by atoms with E-state index in [1.165, 1.54) is 36.1 Å². The second-order valence-electron chi connectivity index (χ2n) is 9.18. The number of terminal acetylenes is 1. The fourth-order valence-electron chi connectivity index (χ4n) is 4.76. The van der Waals surface area contributed by atoms with Crippen LogP contribution in [0, 0.1) is 24.2 Å². The van der Waals surface area contributed by atoms with E-state index in [-0.39, 0.29) is 5.04 Å². The molecule has 0 saturated heterocycles. The Morgan fingerprint density at radius 2 is 1.39 bits per heavy atom. The van der Waals surface area contributed by atoms with Gasteiger partial charge in [-0.05, 0) is 53.4 Å². The lowest BCUT2D eigenvalue weighted by Gasteiger charge is -2.43. The number of rotatable bonds is 6. The van der Waals surface area contributed by atoms with Crippen molar-refractivity contribution in [2.45, 2.75) is 57.9 Å². The summed E-state index contributed by atoms with van der Waals surface area (Å²) < 4.78 is 7.02. The van der Waals surface area contributed by atoms with Gasteiger partial charge in [0.2, 0.25) is 0 Å². The molecule has 0 radical (unpaired) electrons. The van der Waals surface area contributed by atoms with Crippen molar-refractivity contribution in [1.29, 1.82) is 0 Å². The molecule has 2 heteroatoms. The highest BCUT2D eigenvalue weighted by molar-refractivity contribution is 6.99. The Hall–Kier alpha value is -1.82. The molecule has 28 heavy (non-hydrogen) atoms. The molecule has 1 nitrogen and oxygen atoms in total. The zero-order valence-corrected chi connectivity index (χ0v) is 18.7.